The fourth-order valence-corrected chi connectivity index (χ4v) is 2.93. The number of benzene rings is 2. The molecule has 1 N–H and O–H groups in total. The molecule has 0 saturated heterocycles. The molecular formula is C21H29NO3. The van der Waals surface area contributed by atoms with Crippen LogP contribution in [0.3, 0.4) is 0 Å². The molecule has 4 nitrogen and oxygen atoms in total. The summed E-state index contributed by atoms with van der Waals surface area (Å²) in [5, 5.41) is 10.3. The van der Waals surface area contributed by atoms with Crippen molar-refractivity contribution >= 4 is 0 Å². The van der Waals surface area contributed by atoms with E-state index in [4.69, 9.17) is 9.47 Å². The molecule has 0 aliphatic heterocycles. The lowest BCUT2D eigenvalue weighted by Gasteiger charge is -2.22. The van der Waals surface area contributed by atoms with Crippen LogP contribution in [0.1, 0.15) is 22.3 Å². The monoisotopic (exact) mass is 343 g/mol. The molecule has 4 heteroatoms. The Hall–Kier alpha value is -2.04. The van der Waals surface area contributed by atoms with E-state index in [9.17, 15) is 5.11 Å². The summed E-state index contributed by atoms with van der Waals surface area (Å²) in [7, 11) is 3.66. The van der Waals surface area contributed by atoms with Crippen molar-refractivity contribution in [2.75, 3.05) is 27.3 Å². The SMILES string of the molecule is COc1ccccc1CN(C)C[C@H](O)COc1c(C)ccc(C)c1C. The van der Waals surface area contributed by atoms with Crippen molar-refractivity contribution in [2.24, 2.45) is 0 Å². The summed E-state index contributed by atoms with van der Waals surface area (Å²) < 4.78 is 11.3. The van der Waals surface area contributed by atoms with Gasteiger partial charge < -0.3 is 14.6 Å². The maximum atomic E-state index is 10.3. The number of ether oxygens (including phenoxy) is 2. The zero-order chi connectivity index (χ0) is 18.4. The minimum Gasteiger partial charge on any atom is -0.496 e. The Labute approximate surface area is 151 Å². The molecule has 2 aromatic rings. The summed E-state index contributed by atoms with van der Waals surface area (Å²) in [6, 6.07) is 12.1. The predicted octanol–water partition coefficient (Wildman–Crippen LogP) is 3.49. The van der Waals surface area contributed by atoms with Crippen molar-refractivity contribution in [2.45, 2.75) is 33.4 Å². The van der Waals surface area contributed by atoms with E-state index in [2.05, 4.69) is 30.9 Å². The Morgan fingerprint density at radius 3 is 2.44 bits per heavy atom. The summed E-state index contributed by atoms with van der Waals surface area (Å²) >= 11 is 0. The fourth-order valence-electron chi connectivity index (χ4n) is 2.93. The molecule has 1 atom stereocenters. The van der Waals surface area contributed by atoms with Crippen LogP contribution in [0.4, 0.5) is 0 Å². The lowest BCUT2D eigenvalue weighted by Crippen LogP contribution is -2.33. The number of hydrogen-bond acceptors (Lipinski definition) is 4. The Morgan fingerprint density at radius 2 is 1.72 bits per heavy atom. The van der Waals surface area contributed by atoms with Crippen LogP contribution in [0.5, 0.6) is 11.5 Å². The molecule has 0 heterocycles. The van der Waals surface area contributed by atoms with Crippen molar-refractivity contribution in [1.82, 2.24) is 4.90 Å². The Kier molecular flexibility index (Phi) is 6.85. The molecule has 0 aliphatic carbocycles. The van der Waals surface area contributed by atoms with Crippen molar-refractivity contribution < 1.29 is 14.6 Å². The summed E-state index contributed by atoms with van der Waals surface area (Å²) in [6.07, 6.45) is -0.556. The maximum absolute atomic E-state index is 10.3. The molecule has 25 heavy (non-hydrogen) atoms. The van der Waals surface area contributed by atoms with Gasteiger partial charge >= 0.3 is 0 Å². The molecule has 2 aromatic carbocycles. The van der Waals surface area contributed by atoms with Gasteiger partial charge in [-0.25, -0.2) is 0 Å². The molecule has 0 unspecified atom stereocenters. The quantitative estimate of drug-likeness (QED) is 0.797. The highest BCUT2D eigenvalue weighted by molar-refractivity contribution is 5.44. The van der Waals surface area contributed by atoms with E-state index in [1.807, 2.05) is 38.2 Å². The van der Waals surface area contributed by atoms with Gasteiger partial charge in [-0.2, -0.15) is 0 Å². The molecule has 0 saturated carbocycles. The topological polar surface area (TPSA) is 41.9 Å². The normalized spacial score (nSPS) is 12.3. The third-order valence-corrected chi connectivity index (χ3v) is 4.45. The number of hydrogen-bond donors (Lipinski definition) is 1. The van der Waals surface area contributed by atoms with Crippen molar-refractivity contribution in [3.8, 4) is 11.5 Å². The zero-order valence-corrected chi connectivity index (χ0v) is 15.9. The number of para-hydroxylation sites is 1. The molecule has 0 amide bonds. The number of nitrogens with zero attached hydrogens (tertiary/aromatic N) is 1. The number of aliphatic hydroxyl groups excluding tert-OH is 1. The average molecular weight is 343 g/mol. The maximum Gasteiger partial charge on any atom is 0.125 e. The first-order valence-electron chi connectivity index (χ1n) is 8.60. The van der Waals surface area contributed by atoms with Crippen LogP contribution in [0, 0.1) is 20.8 Å². The molecule has 0 radical (unpaired) electrons. The summed E-state index contributed by atoms with van der Waals surface area (Å²) in [5.41, 5.74) is 4.53. The molecule has 136 valence electrons. The zero-order valence-electron chi connectivity index (χ0n) is 15.9. The van der Waals surface area contributed by atoms with E-state index in [1.165, 1.54) is 5.56 Å². The van der Waals surface area contributed by atoms with Crippen LogP contribution in [0.25, 0.3) is 0 Å². The summed E-state index contributed by atoms with van der Waals surface area (Å²) in [6.45, 7) is 7.67. The molecule has 0 aliphatic rings. The number of rotatable bonds is 8. The molecule has 0 aromatic heterocycles. The van der Waals surface area contributed by atoms with Gasteiger partial charge in [-0.05, 0) is 50.6 Å². The first kappa shape index (κ1) is 19.3. The summed E-state index contributed by atoms with van der Waals surface area (Å²) in [5.74, 6) is 1.75. The Morgan fingerprint density at radius 1 is 1.04 bits per heavy atom. The van der Waals surface area contributed by atoms with Gasteiger partial charge in [0.15, 0.2) is 0 Å². The highest BCUT2D eigenvalue weighted by Crippen LogP contribution is 2.26. The second-order valence-electron chi connectivity index (χ2n) is 6.63. The van der Waals surface area contributed by atoms with E-state index in [-0.39, 0.29) is 6.61 Å². The van der Waals surface area contributed by atoms with Crippen LogP contribution in [0.15, 0.2) is 36.4 Å². The Bertz CT molecular complexity index is 700. The van der Waals surface area contributed by atoms with Crippen LogP contribution < -0.4 is 9.47 Å². The molecule has 0 fully saturated rings. The smallest absolute Gasteiger partial charge is 0.125 e. The van der Waals surface area contributed by atoms with E-state index in [0.29, 0.717) is 13.1 Å². The van der Waals surface area contributed by atoms with Crippen LogP contribution in [-0.2, 0) is 6.54 Å². The molecule has 0 spiro atoms. The number of aliphatic hydroxyl groups is 1. The molecule has 2 rings (SSSR count). The van der Waals surface area contributed by atoms with Crippen LogP contribution in [-0.4, -0.2) is 43.4 Å². The second kappa shape index (κ2) is 8.88. The van der Waals surface area contributed by atoms with Crippen molar-refractivity contribution in [3.63, 3.8) is 0 Å². The number of likely N-dealkylation sites (N-methyl/N-ethyl adjacent to an activating group) is 1. The average Bonchev–Trinajstić information content (AvgIpc) is 2.58. The van der Waals surface area contributed by atoms with E-state index < -0.39 is 6.10 Å². The minimum absolute atomic E-state index is 0.279. The van der Waals surface area contributed by atoms with Gasteiger partial charge in [0.05, 0.1) is 7.11 Å². The third kappa shape index (κ3) is 5.21. The fraction of sp³-hybridized carbons (Fsp3) is 0.429. The van der Waals surface area contributed by atoms with E-state index in [1.54, 1.807) is 7.11 Å². The van der Waals surface area contributed by atoms with Gasteiger partial charge in [-0.15, -0.1) is 0 Å². The van der Waals surface area contributed by atoms with Gasteiger partial charge in [0.25, 0.3) is 0 Å². The molecular weight excluding hydrogens is 314 g/mol. The lowest BCUT2D eigenvalue weighted by molar-refractivity contribution is 0.0736. The highest BCUT2D eigenvalue weighted by atomic mass is 16.5. The van der Waals surface area contributed by atoms with Crippen LogP contribution in [0.2, 0.25) is 0 Å². The second-order valence-corrected chi connectivity index (χ2v) is 6.63. The highest BCUT2D eigenvalue weighted by Gasteiger charge is 2.13. The standard InChI is InChI=1S/C21H29NO3/c1-15-10-11-16(2)21(17(15)3)25-14-19(23)13-22(4)12-18-8-6-7-9-20(18)24-5/h6-11,19,23H,12-14H2,1-5H3/t19-/m0/s1. The third-order valence-electron chi connectivity index (χ3n) is 4.45. The van der Waals surface area contributed by atoms with Gasteiger partial charge in [0, 0.05) is 18.7 Å². The van der Waals surface area contributed by atoms with Crippen molar-refractivity contribution in [3.05, 3.63) is 58.7 Å². The number of aryl methyl sites for hydroxylation is 2. The van der Waals surface area contributed by atoms with E-state index >= 15 is 0 Å². The number of methoxy groups -OCH3 is 1. The van der Waals surface area contributed by atoms with E-state index in [0.717, 1.165) is 28.2 Å². The van der Waals surface area contributed by atoms with Gasteiger partial charge in [0.2, 0.25) is 0 Å². The Balaban J connectivity index is 1.90. The largest absolute Gasteiger partial charge is 0.496 e. The minimum atomic E-state index is -0.556. The van der Waals surface area contributed by atoms with Crippen molar-refractivity contribution in [1.29, 1.82) is 0 Å². The van der Waals surface area contributed by atoms with Gasteiger partial charge in [-0.3, -0.25) is 4.90 Å². The summed E-state index contributed by atoms with van der Waals surface area (Å²) in [4.78, 5) is 2.07. The van der Waals surface area contributed by atoms with Gasteiger partial charge in [-0.1, -0.05) is 30.3 Å². The van der Waals surface area contributed by atoms with Crippen LogP contribution >= 0.6 is 0 Å². The first-order chi connectivity index (χ1) is 11.9. The first-order valence-corrected chi connectivity index (χ1v) is 8.60. The molecule has 0 bridgehead atoms. The predicted molar refractivity (Wildman–Crippen MR) is 101 cm³/mol. The lowest BCUT2D eigenvalue weighted by atomic mass is 10.1. The van der Waals surface area contributed by atoms with Gasteiger partial charge in [0.1, 0.15) is 24.2 Å².